The zero-order valence-electron chi connectivity index (χ0n) is 8.27. The number of carbonyl (C=O) groups is 1. The third-order valence-corrected chi connectivity index (χ3v) is 2.23. The zero-order chi connectivity index (χ0) is 11.7. The van der Waals surface area contributed by atoms with Gasteiger partial charge >= 0.3 is 5.63 Å². The molecule has 0 aliphatic rings. The Morgan fingerprint density at radius 3 is 2.75 bits per heavy atom. The normalized spacial score (nSPS) is 10.5. The van der Waals surface area contributed by atoms with Gasteiger partial charge in [0.05, 0.1) is 17.4 Å². The fourth-order valence-electron chi connectivity index (χ4n) is 1.50. The van der Waals surface area contributed by atoms with Gasteiger partial charge < -0.3 is 15.3 Å². The summed E-state index contributed by atoms with van der Waals surface area (Å²) in [7, 11) is 0. The number of primary amides is 1. The van der Waals surface area contributed by atoms with Crippen LogP contribution in [0.4, 0.5) is 0 Å². The Labute approximate surface area is 90.1 Å². The molecule has 0 bridgehead atoms. The van der Waals surface area contributed by atoms with Crippen molar-refractivity contribution in [2.75, 3.05) is 0 Å². The number of amides is 1. The first kappa shape index (κ1) is 10.2. The number of carbonyl (C=O) groups excluding carboxylic acids is 1. The molecular weight excluding hydrogens is 210 g/mol. The summed E-state index contributed by atoms with van der Waals surface area (Å²) < 4.78 is 4.95. The summed E-state index contributed by atoms with van der Waals surface area (Å²) in [6.45, 7) is 0. The SMILES string of the molecule is NC(=O)Cc1c(O)c2ccccc2oc1=O. The molecule has 5 nitrogen and oxygen atoms in total. The van der Waals surface area contributed by atoms with Gasteiger partial charge in [0.15, 0.2) is 0 Å². The molecular formula is C11H9NO4. The first-order valence-electron chi connectivity index (χ1n) is 4.61. The van der Waals surface area contributed by atoms with Crippen molar-refractivity contribution in [3.63, 3.8) is 0 Å². The van der Waals surface area contributed by atoms with Crippen LogP contribution in [-0.2, 0) is 11.2 Å². The molecule has 16 heavy (non-hydrogen) atoms. The van der Waals surface area contributed by atoms with E-state index in [0.717, 1.165) is 0 Å². The molecule has 2 aromatic rings. The summed E-state index contributed by atoms with van der Waals surface area (Å²) in [5.74, 6) is -0.941. The van der Waals surface area contributed by atoms with Crippen LogP contribution >= 0.6 is 0 Å². The van der Waals surface area contributed by atoms with Crippen LogP contribution in [0, 0.1) is 0 Å². The van der Waals surface area contributed by atoms with Gasteiger partial charge in [-0.2, -0.15) is 0 Å². The summed E-state index contributed by atoms with van der Waals surface area (Å²) >= 11 is 0. The van der Waals surface area contributed by atoms with Gasteiger partial charge in [0.1, 0.15) is 11.3 Å². The number of hydrogen-bond acceptors (Lipinski definition) is 4. The number of aromatic hydroxyl groups is 1. The zero-order valence-corrected chi connectivity index (χ0v) is 8.27. The standard InChI is InChI=1S/C11H9NO4/c12-9(13)5-7-10(14)6-3-1-2-4-8(6)16-11(7)15/h1-4,14H,5H2,(H2,12,13). The Morgan fingerprint density at radius 2 is 2.06 bits per heavy atom. The van der Waals surface area contributed by atoms with Crippen LogP contribution < -0.4 is 11.4 Å². The Kier molecular flexibility index (Phi) is 2.36. The molecule has 0 aliphatic heterocycles. The van der Waals surface area contributed by atoms with Crippen molar-refractivity contribution in [2.24, 2.45) is 5.73 Å². The average Bonchev–Trinajstić information content (AvgIpc) is 2.24. The number of rotatable bonds is 2. The lowest BCUT2D eigenvalue weighted by atomic mass is 10.1. The molecule has 0 fully saturated rings. The molecule has 2 rings (SSSR count). The summed E-state index contributed by atoms with van der Waals surface area (Å²) in [6, 6.07) is 6.52. The third kappa shape index (κ3) is 1.63. The Morgan fingerprint density at radius 1 is 1.38 bits per heavy atom. The van der Waals surface area contributed by atoms with Gasteiger partial charge in [0.25, 0.3) is 0 Å². The van der Waals surface area contributed by atoms with Crippen molar-refractivity contribution in [2.45, 2.75) is 6.42 Å². The van der Waals surface area contributed by atoms with Crippen molar-refractivity contribution in [3.05, 3.63) is 40.2 Å². The van der Waals surface area contributed by atoms with Crippen LogP contribution in [0.15, 0.2) is 33.5 Å². The van der Waals surface area contributed by atoms with E-state index in [1.54, 1.807) is 24.3 Å². The smallest absolute Gasteiger partial charge is 0.343 e. The summed E-state index contributed by atoms with van der Waals surface area (Å²) in [6.07, 6.45) is -0.334. The molecule has 82 valence electrons. The average molecular weight is 219 g/mol. The highest BCUT2D eigenvalue weighted by atomic mass is 16.4. The topological polar surface area (TPSA) is 93.5 Å². The highest BCUT2D eigenvalue weighted by molar-refractivity contribution is 5.86. The van der Waals surface area contributed by atoms with E-state index in [1.807, 2.05) is 0 Å². The predicted molar refractivity (Wildman–Crippen MR) is 57.0 cm³/mol. The molecule has 1 aromatic carbocycles. The van der Waals surface area contributed by atoms with E-state index >= 15 is 0 Å². The minimum absolute atomic E-state index is 0.105. The van der Waals surface area contributed by atoms with Crippen LogP contribution in [0.2, 0.25) is 0 Å². The molecule has 0 aliphatic carbocycles. The molecule has 1 aromatic heterocycles. The minimum Gasteiger partial charge on any atom is -0.507 e. The Bertz CT molecular complexity index is 615. The molecule has 0 radical (unpaired) electrons. The van der Waals surface area contributed by atoms with Crippen LogP contribution in [0.25, 0.3) is 11.0 Å². The Hall–Kier alpha value is -2.30. The number of fused-ring (bicyclic) bond motifs is 1. The van der Waals surface area contributed by atoms with Crippen LogP contribution in [0.1, 0.15) is 5.56 Å². The molecule has 5 heteroatoms. The van der Waals surface area contributed by atoms with E-state index in [-0.39, 0.29) is 23.3 Å². The number of benzene rings is 1. The van der Waals surface area contributed by atoms with Gasteiger partial charge in [0.2, 0.25) is 5.91 Å². The summed E-state index contributed by atoms with van der Waals surface area (Å²) in [5, 5.41) is 10.2. The van der Waals surface area contributed by atoms with Gasteiger partial charge in [0, 0.05) is 0 Å². The molecule has 3 N–H and O–H groups in total. The summed E-state index contributed by atoms with van der Waals surface area (Å²) in [5.41, 5.74) is 4.41. The lowest BCUT2D eigenvalue weighted by molar-refractivity contribution is -0.117. The van der Waals surface area contributed by atoms with E-state index in [1.165, 1.54) is 0 Å². The van der Waals surface area contributed by atoms with Gasteiger partial charge in [-0.25, -0.2) is 4.79 Å². The van der Waals surface area contributed by atoms with Crippen molar-refractivity contribution >= 4 is 16.9 Å². The second kappa shape index (κ2) is 3.69. The number of hydrogen-bond donors (Lipinski definition) is 2. The molecule has 0 atom stereocenters. The maximum absolute atomic E-state index is 11.5. The van der Waals surface area contributed by atoms with Gasteiger partial charge in [-0.1, -0.05) is 12.1 Å². The van der Waals surface area contributed by atoms with Gasteiger partial charge in [-0.05, 0) is 12.1 Å². The van der Waals surface area contributed by atoms with Crippen molar-refractivity contribution in [1.29, 1.82) is 0 Å². The van der Waals surface area contributed by atoms with E-state index < -0.39 is 11.5 Å². The van der Waals surface area contributed by atoms with Crippen molar-refractivity contribution < 1.29 is 14.3 Å². The molecule has 0 unspecified atom stereocenters. The van der Waals surface area contributed by atoms with Crippen molar-refractivity contribution in [3.8, 4) is 5.75 Å². The van der Waals surface area contributed by atoms with Crippen LogP contribution in [-0.4, -0.2) is 11.0 Å². The predicted octanol–water partition coefficient (Wildman–Crippen LogP) is 0.526. The van der Waals surface area contributed by atoms with E-state index in [0.29, 0.717) is 5.39 Å². The largest absolute Gasteiger partial charge is 0.507 e. The van der Waals surface area contributed by atoms with Crippen molar-refractivity contribution in [1.82, 2.24) is 0 Å². The van der Waals surface area contributed by atoms with Gasteiger partial charge in [-0.15, -0.1) is 0 Å². The van der Waals surface area contributed by atoms with Crippen LogP contribution in [0.5, 0.6) is 5.75 Å². The number of para-hydroxylation sites is 1. The monoisotopic (exact) mass is 219 g/mol. The maximum Gasteiger partial charge on any atom is 0.343 e. The number of nitrogens with two attached hydrogens (primary N) is 1. The van der Waals surface area contributed by atoms with E-state index in [9.17, 15) is 14.7 Å². The summed E-state index contributed by atoms with van der Waals surface area (Å²) in [4.78, 5) is 22.2. The van der Waals surface area contributed by atoms with Gasteiger partial charge in [-0.3, -0.25) is 4.79 Å². The van der Waals surface area contributed by atoms with E-state index in [4.69, 9.17) is 10.2 Å². The van der Waals surface area contributed by atoms with E-state index in [2.05, 4.69) is 0 Å². The maximum atomic E-state index is 11.5. The first-order valence-corrected chi connectivity index (χ1v) is 4.61. The van der Waals surface area contributed by atoms with Crippen LogP contribution in [0.3, 0.4) is 0 Å². The third-order valence-electron chi connectivity index (χ3n) is 2.23. The molecule has 0 saturated carbocycles. The molecule has 0 spiro atoms. The second-order valence-corrected chi connectivity index (χ2v) is 3.36. The lowest BCUT2D eigenvalue weighted by Crippen LogP contribution is -2.19. The quantitative estimate of drug-likeness (QED) is 0.720. The fraction of sp³-hybridized carbons (Fsp3) is 0.0909. The molecule has 1 amide bonds. The second-order valence-electron chi connectivity index (χ2n) is 3.36. The lowest BCUT2D eigenvalue weighted by Gasteiger charge is -2.03. The molecule has 1 heterocycles. The highest BCUT2D eigenvalue weighted by Crippen LogP contribution is 2.25. The highest BCUT2D eigenvalue weighted by Gasteiger charge is 2.15. The first-order chi connectivity index (χ1) is 7.59. The minimum atomic E-state index is -0.741. The fourth-order valence-corrected chi connectivity index (χ4v) is 1.50. The Balaban J connectivity index is 2.75. The molecule has 0 saturated heterocycles.